The first-order chi connectivity index (χ1) is 12.8. The van der Waals surface area contributed by atoms with Gasteiger partial charge >= 0.3 is 0 Å². The second-order valence-electron chi connectivity index (χ2n) is 5.79. The predicted molar refractivity (Wildman–Crippen MR) is 108 cm³/mol. The Balaban J connectivity index is 1.72. The molecule has 0 radical (unpaired) electrons. The summed E-state index contributed by atoms with van der Waals surface area (Å²) in [6, 6.07) is 11.6. The Morgan fingerprint density at radius 1 is 1.11 bits per heavy atom. The first kappa shape index (κ1) is 18.2. The molecule has 1 N–H and O–H groups in total. The van der Waals surface area contributed by atoms with Gasteiger partial charge < -0.3 is 0 Å². The molecule has 0 saturated heterocycles. The van der Waals surface area contributed by atoms with E-state index in [-0.39, 0.29) is 10.8 Å². The molecular weight excluding hydrogens is 427 g/mol. The minimum absolute atomic E-state index is 0.0122. The van der Waals surface area contributed by atoms with E-state index in [2.05, 4.69) is 14.8 Å². The van der Waals surface area contributed by atoms with Crippen LogP contribution in [0.3, 0.4) is 0 Å². The molecule has 27 heavy (non-hydrogen) atoms. The molecule has 0 amide bonds. The molecule has 6 nitrogen and oxygen atoms in total. The van der Waals surface area contributed by atoms with Gasteiger partial charge in [-0.1, -0.05) is 40.9 Å². The maximum Gasteiger partial charge on any atom is 0.264 e. The van der Waals surface area contributed by atoms with E-state index in [4.69, 9.17) is 23.2 Å². The monoisotopic (exact) mass is 438 g/mol. The van der Waals surface area contributed by atoms with Crippen molar-refractivity contribution in [1.29, 1.82) is 0 Å². The van der Waals surface area contributed by atoms with Crippen LogP contribution in [-0.2, 0) is 10.0 Å². The van der Waals surface area contributed by atoms with Crippen LogP contribution in [0, 0.1) is 6.92 Å². The zero-order valence-electron chi connectivity index (χ0n) is 13.8. The summed E-state index contributed by atoms with van der Waals surface area (Å²) in [5.41, 5.74) is 2.33. The summed E-state index contributed by atoms with van der Waals surface area (Å²) in [5.74, 6) is -0.0122. The number of nitrogens with zero attached hydrogens (tertiary/aromatic N) is 3. The van der Waals surface area contributed by atoms with Crippen molar-refractivity contribution in [3.63, 3.8) is 0 Å². The number of nitrogens with one attached hydrogen (secondary N) is 1. The SMILES string of the molecule is Cc1ccc(S(=O)(=O)Nc2nc3scc(-c4cc(Cl)ccc4Cl)n3n2)cc1. The lowest BCUT2D eigenvalue weighted by Crippen LogP contribution is -2.14. The number of thiazole rings is 1. The number of aryl methyl sites for hydroxylation is 1. The van der Waals surface area contributed by atoms with Gasteiger partial charge in [0.1, 0.15) is 0 Å². The number of halogens is 2. The van der Waals surface area contributed by atoms with Crippen molar-refractivity contribution in [3.8, 4) is 11.3 Å². The van der Waals surface area contributed by atoms with Gasteiger partial charge in [-0.15, -0.1) is 16.4 Å². The molecule has 2 heterocycles. The van der Waals surface area contributed by atoms with E-state index in [9.17, 15) is 8.42 Å². The first-order valence-electron chi connectivity index (χ1n) is 7.73. The molecule has 2 aromatic heterocycles. The molecule has 0 aliphatic heterocycles. The lowest BCUT2D eigenvalue weighted by molar-refractivity contribution is 0.601. The Morgan fingerprint density at radius 3 is 2.59 bits per heavy atom. The van der Waals surface area contributed by atoms with Crippen molar-refractivity contribution in [2.75, 3.05) is 4.72 Å². The Kier molecular flexibility index (Phi) is 4.59. The van der Waals surface area contributed by atoms with Gasteiger partial charge in [-0.3, -0.25) is 0 Å². The fourth-order valence-electron chi connectivity index (χ4n) is 2.50. The zero-order chi connectivity index (χ0) is 19.2. The van der Waals surface area contributed by atoms with E-state index in [0.717, 1.165) is 5.56 Å². The van der Waals surface area contributed by atoms with Crippen molar-refractivity contribution in [1.82, 2.24) is 14.6 Å². The summed E-state index contributed by atoms with van der Waals surface area (Å²) in [5, 5.41) is 7.16. The van der Waals surface area contributed by atoms with Crippen molar-refractivity contribution < 1.29 is 8.42 Å². The van der Waals surface area contributed by atoms with E-state index < -0.39 is 10.0 Å². The van der Waals surface area contributed by atoms with Gasteiger partial charge in [-0.05, 0) is 37.3 Å². The maximum absolute atomic E-state index is 12.5. The smallest absolute Gasteiger partial charge is 0.246 e. The summed E-state index contributed by atoms with van der Waals surface area (Å²) in [6.45, 7) is 1.89. The molecule has 2 aromatic carbocycles. The number of aromatic nitrogens is 3. The predicted octanol–water partition coefficient (Wildman–Crippen LogP) is 4.87. The van der Waals surface area contributed by atoms with Crippen molar-refractivity contribution >= 4 is 55.5 Å². The number of hydrogen-bond donors (Lipinski definition) is 1. The molecule has 138 valence electrons. The molecule has 0 saturated carbocycles. The molecule has 0 aliphatic carbocycles. The maximum atomic E-state index is 12.5. The molecule has 0 fully saturated rings. The summed E-state index contributed by atoms with van der Waals surface area (Å²) in [4.78, 5) is 4.92. The van der Waals surface area contributed by atoms with E-state index in [1.54, 1.807) is 30.3 Å². The van der Waals surface area contributed by atoms with Crippen molar-refractivity contribution in [3.05, 3.63) is 63.5 Å². The van der Waals surface area contributed by atoms with Gasteiger partial charge in [0.05, 0.1) is 15.6 Å². The molecule has 0 atom stereocenters. The van der Waals surface area contributed by atoms with E-state index in [0.29, 0.717) is 26.3 Å². The fraction of sp³-hybridized carbons (Fsp3) is 0.0588. The average molecular weight is 439 g/mol. The van der Waals surface area contributed by atoms with Gasteiger partial charge in [-0.25, -0.2) is 17.7 Å². The van der Waals surface area contributed by atoms with Crippen LogP contribution in [0.25, 0.3) is 16.2 Å². The van der Waals surface area contributed by atoms with Gasteiger partial charge in [0.2, 0.25) is 4.96 Å². The van der Waals surface area contributed by atoms with Crippen molar-refractivity contribution in [2.45, 2.75) is 11.8 Å². The number of sulfonamides is 1. The highest BCUT2D eigenvalue weighted by Gasteiger charge is 2.19. The highest BCUT2D eigenvalue weighted by Crippen LogP contribution is 2.33. The molecule has 0 aliphatic rings. The lowest BCUT2D eigenvalue weighted by Gasteiger charge is -2.05. The highest BCUT2D eigenvalue weighted by atomic mass is 35.5. The normalized spacial score (nSPS) is 11.8. The summed E-state index contributed by atoms with van der Waals surface area (Å²) in [7, 11) is -3.78. The number of fused-ring (bicyclic) bond motifs is 1. The summed E-state index contributed by atoms with van der Waals surface area (Å²) < 4.78 is 29.0. The molecule has 4 rings (SSSR count). The summed E-state index contributed by atoms with van der Waals surface area (Å²) in [6.07, 6.45) is 0. The van der Waals surface area contributed by atoms with Crippen LogP contribution < -0.4 is 4.72 Å². The highest BCUT2D eigenvalue weighted by molar-refractivity contribution is 7.92. The topological polar surface area (TPSA) is 76.4 Å². The number of benzene rings is 2. The third kappa shape index (κ3) is 3.53. The summed E-state index contributed by atoms with van der Waals surface area (Å²) >= 11 is 13.7. The second kappa shape index (κ2) is 6.79. The Labute approximate surface area is 169 Å². The standard InChI is InChI=1S/C17H12Cl2N4O2S2/c1-10-2-5-12(6-3-10)27(24,25)22-16-20-17-23(21-16)15(9-26-17)13-8-11(18)4-7-14(13)19/h2-9H,1H3,(H,21,22). The van der Waals surface area contributed by atoms with Crippen LogP contribution >= 0.6 is 34.5 Å². The van der Waals surface area contributed by atoms with E-state index in [1.165, 1.54) is 28.0 Å². The quantitative estimate of drug-likeness (QED) is 0.492. The zero-order valence-corrected chi connectivity index (χ0v) is 17.0. The largest absolute Gasteiger partial charge is 0.264 e. The molecule has 0 bridgehead atoms. The van der Waals surface area contributed by atoms with Crippen LogP contribution in [0.15, 0.2) is 52.7 Å². The van der Waals surface area contributed by atoms with Crippen LogP contribution in [0.5, 0.6) is 0 Å². The van der Waals surface area contributed by atoms with Crippen LogP contribution in [0.1, 0.15) is 5.56 Å². The van der Waals surface area contributed by atoms with E-state index in [1.807, 2.05) is 12.3 Å². The second-order valence-corrected chi connectivity index (χ2v) is 9.16. The molecule has 0 spiro atoms. The molecule has 0 unspecified atom stereocenters. The minimum Gasteiger partial charge on any atom is -0.246 e. The Morgan fingerprint density at radius 2 is 1.85 bits per heavy atom. The third-order valence-electron chi connectivity index (χ3n) is 3.84. The fourth-order valence-corrected chi connectivity index (χ4v) is 4.65. The number of hydrogen-bond acceptors (Lipinski definition) is 5. The number of anilines is 1. The van der Waals surface area contributed by atoms with E-state index >= 15 is 0 Å². The van der Waals surface area contributed by atoms with Gasteiger partial charge in [0.25, 0.3) is 16.0 Å². The number of rotatable bonds is 4. The van der Waals surface area contributed by atoms with Gasteiger partial charge in [0.15, 0.2) is 0 Å². The molecule has 4 aromatic rings. The van der Waals surface area contributed by atoms with Crippen LogP contribution in [0.4, 0.5) is 5.95 Å². The minimum atomic E-state index is -3.78. The molecular formula is C17H12Cl2N4O2S2. The lowest BCUT2D eigenvalue weighted by atomic mass is 10.2. The van der Waals surface area contributed by atoms with Crippen LogP contribution in [-0.4, -0.2) is 23.0 Å². The average Bonchev–Trinajstić information content (AvgIpc) is 3.17. The molecule has 10 heteroatoms. The third-order valence-corrected chi connectivity index (χ3v) is 6.57. The van der Waals surface area contributed by atoms with Crippen molar-refractivity contribution in [2.24, 2.45) is 0 Å². The Hall–Kier alpha value is -2.13. The van der Waals surface area contributed by atoms with Crippen LogP contribution in [0.2, 0.25) is 10.0 Å². The van der Waals surface area contributed by atoms with Gasteiger partial charge in [0, 0.05) is 16.0 Å². The van der Waals surface area contributed by atoms with Gasteiger partial charge in [-0.2, -0.15) is 4.98 Å². The first-order valence-corrected chi connectivity index (χ1v) is 10.8. The Bertz CT molecular complexity index is 1250.